The van der Waals surface area contributed by atoms with Gasteiger partial charge in [-0.25, -0.2) is 15.0 Å². The largest absolute Gasteiger partial charge is 0.456 e. The zero-order chi connectivity index (χ0) is 32.7. The van der Waals surface area contributed by atoms with E-state index in [9.17, 15) is 0 Å². The number of nitrogens with zero attached hydrogens (tertiary/aromatic N) is 3. The molecule has 0 aliphatic carbocycles. The quantitative estimate of drug-likeness (QED) is 0.204. The maximum absolute atomic E-state index is 8.68. The van der Waals surface area contributed by atoms with Gasteiger partial charge in [0, 0.05) is 27.5 Å². The first-order valence-corrected chi connectivity index (χ1v) is 13.9. The van der Waals surface area contributed by atoms with Gasteiger partial charge in [-0.3, -0.25) is 0 Å². The van der Waals surface area contributed by atoms with Crippen LogP contribution in [0.3, 0.4) is 0 Å². The van der Waals surface area contributed by atoms with Crippen LogP contribution in [0.2, 0.25) is 0 Å². The van der Waals surface area contributed by atoms with Gasteiger partial charge < -0.3 is 4.42 Å². The number of hydrogen-bond acceptors (Lipinski definition) is 4. The van der Waals surface area contributed by atoms with Gasteiger partial charge in [-0.05, 0) is 68.7 Å². The molecule has 200 valence electrons. The van der Waals surface area contributed by atoms with E-state index in [0.29, 0.717) is 28.4 Å². The average Bonchev–Trinajstić information content (AvgIpc) is 3.48. The number of fused-ring (bicyclic) bond motifs is 7. The van der Waals surface area contributed by atoms with E-state index in [1.54, 1.807) is 0 Å². The standard InChI is InChI=1S/C39H23N3O/c1-2-9-26(10-3-1)37-40-38(29-17-16-25-15-14-24-8-6-7-13-31(24)32(25)21-29)42-39(41-37)30-18-19-35-33(22-30)34-20-27-11-4-5-12-28(27)23-36(34)43-35/h1-23H/i1D,2D,3D,9D,10D. The van der Waals surface area contributed by atoms with E-state index < -0.39 is 18.1 Å². The zero-order valence-electron chi connectivity index (χ0n) is 27.6. The molecule has 0 aliphatic heterocycles. The lowest BCUT2D eigenvalue weighted by molar-refractivity contribution is 0.669. The van der Waals surface area contributed by atoms with Crippen molar-refractivity contribution < 1.29 is 11.3 Å². The van der Waals surface area contributed by atoms with E-state index in [1.807, 2.05) is 66.7 Å². The monoisotopic (exact) mass is 554 g/mol. The molecule has 2 aromatic heterocycles. The minimum absolute atomic E-state index is 0.00633. The summed E-state index contributed by atoms with van der Waals surface area (Å²) < 4.78 is 48.3. The van der Waals surface area contributed by atoms with E-state index in [2.05, 4.69) is 42.5 Å². The summed E-state index contributed by atoms with van der Waals surface area (Å²) in [6, 6.07) is 34.1. The summed E-state index contributed by atoms with van der Waals surface area (Å²) in [6.07, 6.45) is 0. The van der Waals surface area contributed by atoms with Crippen LogP contribution in [0, 0.1) is 0 Å². The summed E-state index contributed by atoms with van der Waals surface area (Å²) in [5.74, 6) is 0.616. The molecule has 0 N–H and O–H groups in total. The molecule has 0 aliphatic rings. The van der Waals surface area contributed by atoms with Crippen molar-refractivity contribution >= 4 is 54.3 Å². The lowest BCUT2D eigenvalue weighted by Gasteiger charge is -2.10. The molecule has 4 nitrogen and oxygen atoms in total. The topological polar surface area (TPSA) is 51.8 Å². The molecule has 0 saturated carbocycles. The summed E-state index contributed by atoms with van der Waals surface area (Å²) in [7, 11) is 0. The van der Waals surface area contributed by atoms with Crippen molar-refractivity contribution in [3.05, 3.63) is 139 Å². The van der Waals surface area contributed by atoms with Crippen LogP contribution in [-0.4, -0.2) is 15.0 Å². The molecule has 0 atom stereocenters. The van der Waals surface area contributed by atoms with Crippen LogP contribution >= 0.6 is 0 Å². The molecule has 9 rings (SSSR count). The fraction of sp³-hybridized carbons (Fsp3) is 0. The molecule has 0 amide bonds. The second-order valence-corrected chi connectivity index (χ2v) is 10.5. The van der Waals surface area contributed by atoms with Crippen molar-refractivity contribution in [2.24, 2.45) is 0 Å². The lowest BCUT2D eigenvalue weighted by Crippen LogP contribution is -2.00. The SMILES string of the molecule is [2H]c1c([2H])c([2H])c(-c2nc(-c3ccc4ccc5ccccc5c4c3)nc(-c3ccc4oc5cc6ccccc6cc5c4c3)n2)c([2H])c1[2H]. The first-order chi connectivity index (χ1) is 23.3. The number of furan rings is 1. The second kappa shape index (κ2) is 9.33. The molecule has 0 bridgehead atoms. The van der Waals surface area contributed by atoms with Crippen molar-refractivity contribution in [1.29, 1.82) is 0 Å². The average molecular weight is 555 g/mol. The van der Waals surface area contributed by atoms with Gasteiger partial charge in [0.25, 0.3) is 0 Å². The Bertz CT molecular complexity index is 2780. The molecule has 0 saturated heterocycles. The van der Waals surface area contributed by atoms with Crippen LogP contribution in [0.15, 0.2) is 144 Å². The number of rotatable bonds is 3. The van der Waals surface area contributed by atoms with Crippen LogP contribution in [0.4, 0.5) is 0 Å². The highest BCUT2D eigenvalue weighted by Crippen LogP contribution is 2.35. The van der Waals surface area contributed by atoms with Gasteiger partial charge in [-0.1, -0.05) is 103 Å². The van der Waals surface area contributed by atoms with Crippen molar-refractivity contribution in [1.82, 2.24) is 15.0 Å². The maximum atomic E-state index is 8.68. The molecule has 0 fully saturated rings. The third-order valence-electron chi connectivity index (χ3n) is 7.96. The highest BCUT2D eigenvalue weighted by atomic mass is 16.3. The predicted molar refractivity (Wildman–Crippen MR) is 176 cm³/mol. The normalized spacial score (nSPS) is 13.3. The minimum Gasteiger partial charge on any atom is -0.456 e. The Labute approximate surface area is 253 Å². The molecular formula is C39H23N3O. The van der Waals surface area contributed by atoms with Crippen LogP contribution in [0.5, 0.6) is 0 Å². The molecule has 7 aromatic carbocycles. The summed E-state index contributed by atoms with van der Waals surface area (Å²) >= 11 is 0. The van der Waals surface area contributed by atoms with Gasteiger partial charge in [0.05, 0.1) is 6.85 Å². The van der Waals surface area contributed by atoms with Gasteiger partial charge in [-0.15, -0.1) is 0 Å². The van der Waals surface area contributed by atoms with Gasteiger partial charge >= 0.3 is 0 Å². The Kier molecular flexibility index (Phi) is 4.18. The Hall–Kier alpha value is -5.87. The van der Waals surface area contributed by atoms with E-state index in [0.717, 1.165) is 48.7 Å². The van der Waals surface area contributed by atoms with Crippen LogP contribution in [0.25, 0.3) is 88.4 Å². The first-order valence-electron chi connectivity index (χ1n) is 16.4. The predicted octanol–water partition coefficient (Wildman–Crippen LogP) is 10.2. The summed E-state index contributed by atoms with van der Waals surface area (Å²) in [4.78, 5) is 14.4. The van der Waals surface area contributed by atoms with Crippen LogP contribution in [-0.2, 0) is 0 Å². The zero-order valence-corrected chi connectivity index (χ0v) is 22.6. The molecule has 0 unspecified atom stereocenters. The number of hydrogen-bond donors (Lipinski definition) is 0. The molecule has 2 heterocycles. The number of aromatic nitrogens is 3. The Morgan fingerprint density at radius 1 is 0.419 bits per heavy atom. The van der Waals surface area contributed by atoms with Gasteiger partial charge in [0.15, 0.2) is 17.5 Å². The molecule has 43 heavy (non-hydrogen) atoms. The van der Waals surface area contributed by atoms with Crippen LogP contribution < -0.4 is 0 Å². The third kappa shape index (κ3) is 3.96. The van der Waals surface area contributed by atoms with Crippen molar-refractivity contribution in [3.63, 3.8) is 0 Å². The van der Waals surface area contributed by atoms with Gasteiger partial charge in [-0.2, -0.15) is 0 Å². The summed E-state index contributed by atoms with van der Waals surface area (Å²) in [5.41, 5.74) is 2.77. The second-order valence-electron chi connectivity index (χ2n) is 10.5. The van der Waals surface area contributed by atoms with E-state index in [1.165, 1.54) is 0 Å². The molecule has 9 aromatic rings. The molecule has 0 spiro atoms. The smallest absolute Gasteiger partial charge is 0.164 e. The van der Waals surface area contributed by atoms with Gasteiger partial charge in [0.2, 0.25) is 0 Å². The fourth-order valence-electron chi connectivity index (χ4n) is 5.85. The Balaban J connectivity index is 1.30. The van der Waals surface area contributed by atoms with E-state index >= 15 is 0 Å². The Morgan fingerprint density at radius 2 is 0.977 bits per heavy atom. The van der Waals surface area contributed by atoms with Crippen molar-refractivity contribution in [3.8, 4) is 34.2 Å². The van der Waals surface area contributed by atoms with Gasteiger partial charge in [0.1, 0.15) is 11.2 Å². The van der Waals surface area contributed by atoms with Crippen LogP contribution in [0.1, 0.15) is 6.85 Å². The maximum Gasteiger partial charge on any atom is 0.164 e. The van der Waals surface area contributed by atoms with Crippen molar-refractivity contribution in [2.45, 2.75) is 0 Å². The molecule has 0 radical (unpaired) electrons. The molecular weight excluding hydrogens is 526 g/mol. The Morgan fingerprint density at radius 3 is 1.74 bits per heavy atom. The summed E-state index contributed by atoms with van der Waals surface area (Å²) in [5, 5.41) is 8.28. The summed E-state index contributed by atoms with van der Waals surface area (Å²) in [6.45, 7) is 0. The van der Waals surface area contributed by atoms with E-state index in [-0.39, 0.29) is 23.5 Å². The minimum atomic E-state index is -0.477. The lowest BCUT2D eigenvalue weighted by atomic mass is 10.00. The first kappa shape index (κ1) is 19.3. The highest BCUT2D eigenvalue weighted by Gasteiger charge is 2.16. The molecule has 4 heteroatoms. The number of benzene rings is 7. The highest BCUT2D eigenvalue weighted by molar-refractivity contribution is 6.11. The van der Waals surface area contributed by atoms with E-state index in [4.69, 9.17) is 26.2 Å². The third-order valence-corrected chi connectivity index (χ3v) is 7.96. The fourth-order valence-corrected chi connectivity index (χ4v) is 5.85. The van der Waals surface area contributed by atoms with Crippen molar-refractivity contribution in [2.75, 3.05) is 0 Å².